The first-order valence-corrected chi connectivity index (χ1v) is 47.4. The number of hydrogen-bond donors (Lipinski definition) is 0. The molecule has 6 aromatic heterocycles. The number of para-hydroxylation sites is 11. The summed E-state index contributed by atoms with van der Waals surface area (Å²) in [6, 6.07) is 142. The quantitative estimate of drug-likeness (QED) is 0.156. The predicted molar refractivity (Wildman–Crippen MR) is 575 cm³/mol. The van der Waals surface area contributed by atoms with E-state index in [0.29, 0.717) is 0 Å². The first kappa shape index (κ1) is 77.3. The fourth-order valence-electron chi connectivity index (χ4n) is 25.2. The Morgan fingerprint density at radius 1 is 0.170 bits per heavy atom. The van der Waals surface area contributed by atoms with Gasteiger partial charge in [0, 0.05) is 166 Å². The van der Waals surface area contributed by atoms with E-state index in [1.54, 1.807) is 0 Å². The summed E-state index contributed by atoms with van der Waals surface area (Å²) in [5.74, 6) is 0. The zero-order valence-corrected chi connectivity index (χ0v) is 76.6. The van der Waals surface area contributed by atoms with Gasteiger partial charge in [0.1, 0.15) is 0 Å². The molecule has 0 unspecified atom stereocenters. The van der Waals surface area contributed by atoms with Crippen molar-refractivity contribution in [2.24, 2.45) is 0 Å². The van der Waals surface area contributed by atoms with Crippen LogP contribution in [0.3, 0.4) is 0 Å². The molecule has 0 atom stereocenters. The van der Waals surface area contributed by atoms with Crippen LogP contribution in [0.2, 0.25) is 0 Å². The lowest BCUT2D eigenvalue weighted by atomic mass is 9.34. The van der Waals surface area contributed by atoms with Crippen molar-refractivity contribution in [3.8, 4) is 67.5 Å². The summed E-state index contributed by atoms with van der Waals surface area (Å²) in [7, 11) is 6.69. The molecule has 30 rings (SSSR count). The SMILES string of the molecule is Cc1c(C)n2c3c(cccc13)B1c3ccccc3N(C)c3cc(-c4ccc5c(c4)c4ccccc4n5-c4ccccc4)cc-2c31.Cc1c(C)n2c3c(cccc13)B1c3ccccc3N(C)c3cc(-c4cccc(-n5c6ccccc6c6ccccc65)c4)cc-2c31.Cc1c(C)n2c3c(cccc13)B1c3ccccc3N(C)c3cc(-n4c5ccccc5c5cc(-c6ccccc6)ccc54)cc-2c31. The highest BCUT2D eigenvalue weighted by atomic mass is 15.2. The first-order chi connectivity index (χ1) is 66.3. The van der Waals surface area contributed by atoms with Crippen LogP contribution in [0, 0.1) is 41.5 Å². The Labute approximate surface area is 784 Å². The molecule has 0 aliphatic carbocycles. The molecule has 6 aliphatic rings. The molecule has 18 aromatic carbocycles. The fourth-order valence-corrected chi connectivity index (χ4v) is 25.2. The number of rotatable bonds is 6. The van der Waals surface area contributed by atoms with Crippen LogP contribution in [0.5, 0.6) is 0 Å². The van der Waals surface area contributed by atoms with Crippen molar-refractivity contribution < 1.29 is 0 Å². The van der Waals surface area contributed by atoms with Crippen LogP contribution in [0.15, 0.2) is 382 Å². The van der Waals surface area contributed by atoms with Crippen molar-refractivity contribution in [3.05, 3.63) is 416 Å². The number of fused-ring (bicyclic) bond motifs is 21. The molecule has 0 amide bonds. The number of nitrogens with zero attached hydrogens (tertiary/aromatic N) is 9. The molecular weight excluding hydrogens is 1640 g/mol. The third kappa shape index (κ3) is 10.7. The zero-order valence-electron chi connectivity index (χ0n) is 76.6. The van der Waals surface area contributed by atoms with E-state index in [2.05, 4.69) is 487 Å². The molecule has 24 aromatic rings. The van der Waals surface area contributed by atoms with Crippen LogP contribution in [0.25, 0.3) is 166 Å². The van der Waals surface area contributed by atoms with Gasteiger partial charge in [0.05, 0.1) is 38.8 Å². The highest BCUT2D eigenvalue weighted by molar-refractivity contribution is 7.02. The van der Waals surface area contributed by atoms with Crippen LogP contribution in [-0.4, -0.2) is 68.7 Å². The molecule has 6 aliphatic heterocycles. The van der Waals surface area contributed by atoms with Gasteiger partial charge in [-0.05, 0) is 268 Å². The summed E-state index contributed by atoms with van der Waals surface area (Å²) in [4.78, 5) is 7.22. The zero-order chi connectivity index (χ0) is 89.9. The third-order valence-electron chi connectivity index (χ3n) is 31.6. The molecule has 0 fully saturated rings. The first-order valence-electron chi connectivity index (χ1n) is 47.4. The van der Waals surface area contributed by atoms with Gasteiger partial charge in [-0.25, -0.2) is 0 Å². The average Bonchev–Trinajstić information content (AvgIpc) is 1.62. The Balaban J connectivity index is 0.000000101. The summed E-state index contributed by atoms with van der Waals surface area (Å²) >= 11 is 0. The molecule has 135 heavy (non-hydrogen) atoms. The van der Waals surface area contributed by atoms with E-state index < -0.39 is 0 Å². The van der Waals surface area contributed by atoms with Gasteiger partial charge < -0.3 is 42.1 Å². The van der Waals surface area contributed by atoms with E-state index in [4.69, 9.17) is 0 Å². The molecule has 0 N–H and O–H groups in total. The van der Waals surface area contributed by atoms with Crippen molar-refractivity contribution in [1.29, 1.82) is 0 Å². The van der Waals surface area contributed by atoms with Gasteiger partial charge in [-0.3, -0.25) is 0 Å². The number of aryl methyl sites for hydroxylation is 3. The number of hydrogen-bond acceptors (Lipinski definition) is 3. The molecule has 12 heterocycles. The molecule has 636 valence electrons. The van der Waals surface area contributed by atoms with Gasteiger partial charge in [0.15, 0.2) is 0 Å². The number of aromatic nitrogens is 6. The highest BCUT2D eigenvalue weighted by Crippen LogP contribution is 2.47. The summed E-state index contributed by atoms with van der Waals surface area (Å²) < 4.78 is 14.9. The Morgan fingerprint density at radius 3 is 0.881 bits per heavy atom. The summed E-state index contributed by atoms with van der Waals surface area (Å²) in [6.45, 7) is 14.3. The minimum atomic E-state index is 0.188. The largest absolute Gasteiger partial charge is 0.345 e. The molecular formula is C123H90B3N9. The maximum Gasteiger partial charge on any atom is 0.252 e. The Morgan fingerprint density at radius 2 is 0.452 bits per heavy atom. The maximum atomic E-state index is 2.54. The molecule has 9 nitrogen and oxygen atoms in total. The van der Waals surface area contributed by atoms with Gasteiger partial charge in [-0.15, -0.1) is 0 Å². The summed E-state index contributed by atoms with van der Waals surface area (Å²) in [5, 5.41) is 11.7. The minimum Gasteiger partial charge on any atom is -0.345 e. The lowest BCUT2D eigenvalue weighted by Gasteiger charge is -2.39. The average molecular weight is 1730 g/mol. The predicted octanol–water partition coefficient (Wildman–Crippen LogP) is 23.8. The summed E-state index contributed by atoms with van der Waals surface area (Å²) in [6.07, 6.45) is 0. The van der Waals surface area contributed by atoms with E-state index in [9.17, 15) is 0 Å². The summed E-state index contributed by atoms with van der Waals surface area (Å²) in [5.41, 5.74) is 54.5. The topological polar surface area (TPSA) is 39.3 Å². The van der Waals surface area contributed by atoms with Crippen molar-refractivity contribution in [2.75, 3.05) is 35.8 Å². The monoisotopic (exact) mass is 1730 g/mol. The smallest absolute Gasteiger partial charge is 0.252 e. The lowest BCUT2D eigenvalue weighted by molar-refractivity contribution is 1.03. The van der Waals surface area contributed by atoms with Gasteiger partial charge >= 0.3 is 0 Å². The second kappa shape index (κ2) is 28.8. The third-order valence-corrected chi connectivity index (χ3v) is 31.6. The van der Waals surface area contributed by atoms with E-state index in [1.807, 2.05) is 0 Å². The van der Waals surface area contributed by atoms with Crippen molar-refractivity contribution in [1.82, 2.24) is 27.4 Å². The second-order valence-corrected chi connectivity index (χ2v) is 38.1. The van der Waals surface area contributed by atoms with Gasteiger partial charge in [0.2, 0.25) is 0 Å². The van der Waals surface area contributed by atoms with E-state index in [0.717, 1.165) is 0 Å². The second-order valence-electron chi connectivity index (χ2n) is 38.1. The Hall–Kier alpha value is -16.4. The van der Waals surface area contributed by atoms with Crippen molar-refractivity contribution in [3.63, 3.8) is 0 Å². The number of benzene rings is 18. The fraction of sp³-hybridized carbons (Fsp3) is 0.0732. The molecule has 0 spiro atoms. The number of anilines is 6. The molecule has 0 saturated carbocycles. The van der Waals surface area contributed by atoms with E-state index in [1.165, 1.54) is 283 Å². The molecule has 0 radical (unpaired) electrons. The minimum absolute atomic E-state index is 0.188. The van der Waals surface area contributed by atoms with Crippen LogP contribution in [0.1, 0.15) is 33.8 Å². The van der Waals surface area contributed by atoms with E-state index >= 15 is 0 Å². The van der Waals surface area contributed by atoms with Crippen LogP contribution >= 0.6 is 0 Å². The Kier molecular flexibility index (Phi) is 16.5. The maximum absolute atomic E-state index is 2.54. The normalized spacial score (nSPS) is 13.1. The standard InChI is InChI=1S/3C41H30BN3/c1-25-26(2)44-39-24-28(27-12-10-13-29(22-27)45-35-19-7-4-14-31(35)32-15-5-8-20-36(32)45)23-38-40(39)42(34-18-11-16-30(25)41(34)44)33-17-6-9-21-37(33)43(38)3;1-25-26(2)44-39-24-28(27-20-21-36-32(22-27)31-14-7-9-18-35(31)45(36)29-12-5-4-6-13-29)23-38-40(39)42(34-17-11-15-30(25)41(34)44)33-16-8-10-19-37(33)43(38)3;1-25-26(2)44-39-24-29(45-35-18-9-7-14-31(35)32-22-28(20-21-36(32)45)27-12-5-4-6-13-27)23-38-40(39)42(34-17-11-15-30(25)41(34)44)33-16-8-10-19-37(33)43(38)3/h3*4-24H,1-3H3. The van der Waals surface area contributed by atoms with E-state index in [-0.39, 0.29) is 20.1 Å². The molecule has 0 saturated heterocycles. The van der Waals surface area contributed by atoms with Gasteiger partial charge in [-0.1, -0.05) is 255 Å². The van der Waals surface area contributed by atoms with Crippen molar-refractivity contribution >= 4 is 202 Å². The highest BCUT2D eigenvalue weighted by Gasteiger charge is 2.46. The van der Waals surface area contributed by atoms with Crippen molar-refractivity contribution in [2.45, 2.75) is 41.5 Å². The van der Waals surface area contributed by atoms with Crippen LogP contribution in [0.4, 0.5) is 34.1 Å². The lowest BCUT2D eigenvalue weighted by Crippen LogP contribution is -2.60. The molecule has 0 bridgehead atoms. The molecule has 12 heteroatoms. The van der Waals surface area contributed by atoms with Crippen LogP contribution in [-0.2, 0) is 0 Å². The Bertz CT molecular complexity index is 9260. The van der Waals surface area contributed by atoms with Gasteiger partial charge in [0.25, 0.3) is 20.1 Å². The van der Waals surface area contributed by atoms with Gasteiger partial charge in [-0.2, -0.15) is 0 Å². The van der Waals surface area contributed by atoms with Crippen LogP contribution < -0.4 is 63.9 Å².